The zero-order chi connectivity index (χ0) is 23.5. The van der Waals surface area contributed by atoms with Crippen LogP contribution < -0.4 is 5.32 Å². The number of nitrogens with zero attached hydrogens (tertiary/aromatic N) is 4. The van der Waals surface area contributed by atoms with Crippen molar-refractivity contribution in [3.63, 3.8) is 0 Å². The monoisotopic (exact) mass is 481 g/mol. The summed E-state index contributed by atoms with van der Waals surface area (Å²) >= 11 is 6.35. The van der Waals surface area contributed by atoms with Crippen molar-refractivity contribution < 1.29 is 9.84 Å². The molecule has 0 atom stereocenters. The minimum absolute atomic E-state index is 0.174. The molecule has 0 bridgehead atoms. The molecule has 2 heterocycles. The molecule has 1 aliphatic carbocycles. The summed E-state index contributed by atoms with van der Waals surface area (Å²) < 4.78 is 6.14. The Bertz CT molecular complexity index is 1140. The van der Waals surface area contributed by atoms with E-state index in [2.05, 4.69) is 20.4 Å². The van der Waals surface area contributed by atoms with Gasteiger partial charge in [0.1, 0.15) is 11.3 Å². The van der Waals surface area contributed by atoms with Crippen LogP contribution in [0.4, 0.5) is 5.95 Å². The molecule has 2 fully saturated rings. The Hall–Kier alpha value is -2.48. The van der Waals surface area contributed by atoms with E-state index in [9.17, 15) is 5.11 Å². The number of phenolic OH excluding ortho intramolecular Hbond substituents is 1. The van der Waals surface area contributed by atoms with E-state index in [4.69, 9.17) is 21.3 Å². The number of ether oxygens (including phenoxy) is 1. The molecule has 0 unspecified atom stereocenters. The molecule has 180 valence electrons. The Morgan fingerprint density at radius 2 is 1.88 bits per heavy atom. The van der Waals surface area contributed by atoms with Gasteiger partial charge in [0.15, 0.2) is 0 Å². The zero-order valence-electron chi connectivity index (χ0n) is 19.6. The van der Waals surface area contributed by atoms with Crippen molar-refractivity contribution in [2.75, 3.05) is 31.6 Å². The number of likely N-dealkylation sites (tertiary alicyclic amines) is 1. The molecular formula is C26H32ClN5O2. The number of aryl methyl sites for hydroxylation is 1. The van der Waals surface area contributed by atoms with E-state index in [0.717, 1.165) is 61.0 Å². The molecule has 2 aliphatic rings. The Balaban J connectivity index is 1.19. The second kappa shape index (κ2) is 10.4. The second-order valence-electron chi connectivity index (χ2n) is 9.50. The Morgan fingerprint density at radius 1 is 1.09 bits per heavy atom. The molecule has 3 aromatic rings. The van der Waals surface area contributed by atoms with Gasteiger partial charge in [0.25, 0.3) is 0 Å². The van der Waals surface area contributed by atoms with Gasteiger partial charge in [0.05, 0.1) is 18.2 Å². The lowest BCUT2D eigenvalue weighted by Crippen LogP contribution is -2.32. The predicted molar refractivity (Wildman–Crippen MR) is 135 cm³/mol. The number of phenols is 1. The van der Waals surface area contributed by atoms with Crippen molar-refractivity contribution in [2.24, 2.45) is 0 Å². The van der Waals surface area contributed by atoms with Crippen LogP contribution in [0.5, 0.6) is 5.75 Å². The molecule has 5 rings (SSSR count). The third-order valence-corrected chi connectivity index (χ3v) is 7.31. The number of aromatic nitrogens is 3. The smallest absolute Gasteiger partial charge is 0.243 e. The first kappa shape index (κ1) is 23.3. The largest absolute Gasteiger partial charge is 0.508 e. The van der Waals surface area contributed by atoms with Crippen molar-refractivity contribution in [3.05, 3.63) is 40.9 Å². The first-order valence-corrected chi connectivity index (χ1v) is 12.7. The normalized spacial score (nSPS) is 21.2. The molecule has 2 N–H and O–H groups in total. The lowest BCUT2D eigenvalue weighted by Gasteiger charge is -2.29. The highest BCUT2D eigenvalue weighted by molar-refractivity contribution is 6.33. The highest BCUT2D eigenvalue weighted by Gasteiger charge is 2.23. The van der Waals surface area contributed by atoms with Gasteiger partial charge in [-0.3, -0.25) is 0 Å². The first-order valence-electron chi connectivity index (χ1n) is 12.3. The van der Waals surface area contributed by atoms with Crippen LogP contribution in [-0.2, 0) is 4.74 Å². The third kappa shape index (κ3) is 5.43. The van der Waals surface area contributed by atoms with Gasteiger partial charge in [0, 0.05) is 23.2 Å². The summed E-state index contributed by atoms with van der Waals surface area (Å²) in [5, 5.41) is 22.7. The van der Waals surface area contributed by atoms with Gasteiger partial charge in [-0.1, -0.05) is 11.6 Å². The Kier molecular flexibility index (Phi) is 7.13. The van der Waals surface area contributed by atoms with Crippen LogP contribution in [0, 0.1) is 6.92 Å². The van der Waals surface area contributed by atoms with Gasteiger partial charge in [-0.25, -0.2) is 4.98 Å². The fourth-order valence-corrected chi connectivity index (χ4v) is 5.30. The lowest BCUT2D eigenvalue weighted by atomic mass is 9.93. The summed E-state index contributed by atoms with van der Waals surface area (Å²) in [6, 6.07) is 9.20. The maximum atomic E-state index is 9.86. The molecule has 1 aliphatic heterocycles. The number of fused-ring (bicyclic) bond motifs is 1. The summed E-state index contributed by atoms with van der Waals surface area (Å²) in [6.07, 6.45) is 7.23. The number of aromatic hydroxyl groups is 1. The van der Waals surface area contributed by atoms with Crippen LogP contribution in [0.15, 0.2) is 30.3 Å². The topological polar surface area (TPSA) is 83.4 Å². The number of anilines is 1. The molecule has 2 aromatic carbocycles. The fraction of sp³-hybridized carbons (Fsp3) is 0.500. The standard InChI is InChI=1S/C26H32ClN5O2/c1-17-14-18(22-16-20(33)6-9-23(22)27)15-24-25(17)29-26(31-30-24)28-19-4-7-21(8-5-19)34-13-12-32-10-2-3-11-32/h6,9,14-16,19,21,33H,2-5,7-8,10-13H2,1H3,(H,28,29,31). The Labute approximate surface area is 205 Å². The van der Waals surface area contributed by atoms with Gasteiger partial charge in [-0.05, 0) is 100.0 Å². The van der Waals surface area contributed by atoms with E-state index >= 15 is 0 Å². The quantitative estimate of drug-likeness (QED) is 0.480. The molecule has 0 radical (unpaired) electrons. The van der Waals surface area contributed by atoms with Crippen LogP contribution in [0.25, 0.3) is 22.2 Å². The maximum absolute atomic E-state index is 9.86. The van der Waals surface area contributed by atoms with E-state index in [-0.39, 0.29) is 5.75 Å². The van der Waals surface area contributed by atoms with E-state index in [1.165, 1.54) is 25.9 Å². The van der Waals surface area contributed by atoms with Crippen molar-refractivity contribution in [2.45, 2.75) is 57.6 Å². The van der Waals surface area contributed by atoms with Crippen LogP contribution in [0.3, 0.4) is 0 Å². The second-order valence-corrected chi connectivity index (χ2v) is 9.91. The maximum Gasteiger partial charge on any atom is 0.243 e. The summed E-state index contributed by atoms with van der Waals surface area (Å²) in [6.45, 7) is 6.36. The van der Waals surface area contributed by atoms with E-state index in [0.29, 0.717) is 28.6 Å². The molecular weight excluding hydrogens is 450 g/mol. The van der Waals surface area contributed by atoms with E-state index in [1.807, 2.05) is 19.1 Å². The molecule has 8 heteroatoms. The zero-order valence-corrected chi connectivity index (χ0v) is 20.4. The summed E-state index contributed by atoms with van der Waals surface area (Å²) in [5.41, 5.74) is 4.15. The number of rotatable bonds is 7. The molecule has 0 spiro atoms. The number of hydrogen-bond acceptors (Lipinski definition) is 7. The first-order chi connectivity index (χ1) is 16.5. The number of nitrogens with one attached hydrogen (secondary N) is 1. The minimum atomic E-state index is 0.174. The molecule has 1 saturated heterocycles. The Morgan fingerprint density at radius 3 is 2.68 bits per heavy atom. The van der Waals surface area contributed by atoms with Crippen molar-refractivity contribution in [1.82, 2.24) is 20.1 Å². The summed E-state index contributed by atoms with van der Waals surface area (Å²) in [7, 11) is 0. The molecule has 1 saturated carbocycles. The van der Waals surface area contributed by atoms with Gasteiger partial charge in [-0.15, -0.1) is 10.2 Å². The van der Waals surface area contributed by atoms with Gasteiger partial charge in [-0.2, -0.15) is 0 Å². The molecule has 1 aromatic heterocycles. The van der Waals surface area contributed by atoms with Crippen molar-refractivity contribution >= 4 is 28.6 Å². The minimum Gasteiger partial charge on any atom is -0.508 e. The van der Waals surface area contributed by atoms with Crippen LogP contribution in [-0.4, -0.2) is 63.6 Å². The highest BCUT2D eigenvalue weighted by atomic mass is 35.5. The van der Waals surface area contributed by atoms with Crippen LogP contribution in [0.2, 0.25) is 5.02 Å². The molecule has 0 amide bonds. The van der Waals surface area contributed by atoms with Gasteiger partial charge < -0.3 is 20.1 Å². The molecule has 7 nitrogen and oxygen atoms in total. The number of benzene rings is 2. The number of hydrogen-bond donors (Lipinski definition) is 2. The third-order valence-electron chi connectivity index (χ3n) is 6.98. The van der Waals surface area contributed by atoms with Gasteiger partial charge >= 0.3 is 0 Å². The van der Waals surface area contributed by atoms with Crippen molar-refractivity contribution in [1.29, 1.82) is 0 Å². The highest BCUT2D eigenvalue weighted by Crippen LogP contribution is 2.33. The number of halogens is 1. The SMILES string of the molecule is Cc1cc(-c2cc(O)ccc2Cl)cc2nnc(NC3CCC(OCCN4CCCC4)CC3)nc12. The van der Waals surface area contributed by atoms with Gasteiger partial charge in [0.2, 0.25) is 5.95 Å². The van der Waals surface area contributed by atoms with E-state index in [1.54, 1.807) is 18.2 Å². The average molecular weight is 482 g/mol. The van der Waals surface area contributed by atoms with Crippen LogP contribution in [0.1, 0.15) is 44.1 Å². The summed E-state index contributed by atoms with van der Waals surface area (Å²) in [5.74, 6) is 0.741. The lowest BCUT2D eigenvalue weighted by molar-refractivity contribution is 0.0170. The van der Waals surface area contributed by atoms with E-state index < -0.39 is 0 Å². The average Bonchev–Trinajstić information content (AvgIpc) is 3.36. The van der Waals surface area contributed by atoms with Crippen LogP contribution >= 0.6 is 11.6 Å². The molecule has 34 heavy (non-hydrogen) atoms. The van der Waals surface area contributed by atoms with Crippen molar-refractivity contribution in [3.8, 4) is 16.9 Å². The fourth-order valence-electron chi connectivity index (χ4n) is 5.07. The predicted octanol–water partition coefficient (Wildman–Crippen LogP) is 5.19. The summed E-state index contributed by atoms with van der Waals surface area (Å²) in [4.78, 5) is 7.25.